The van der Waals surface area contributed by atoms with Crippen LogP contribution in [0.2, 0.25) is 0 Å². The highest BCUT2D eigenvalue weighted by atomic mass is 15.1. The Morgan fingerprint density at radius 2 is 2.00 bits per heavy atom. The molecule has 0 saturated carbocycles. The summed E-state index contributed by atoms with van der Waals surface area (Å²) in [5.74, 6) is 0.975. The van der Waals surface area contributed by atoms with Crippen molar-refractivity contribution in [2.45, 2.75) is 20.0 Å². The predicted molar refractivity (Wildman–Crippen MR) is 77.8 cm³/mol. The maximum atomic E-state index is 4.38. The van der Waals surface area contributed by atoms with E-state index >= 15 is 0 Å². The number of hydrogen-bond donors (Lipinski definition) is 1. The van der Waals surface area contributed by atoms with Crippen LogP contribution in [0.4, 0.5) is 5.82 Å². The lowest BCUT2D eigenvalue weighted by molar-refractivity contribution is 0.319. The van der Waals surface area contributed by atoms with Gasteiger partial charge in [0.25, 0.3) is 0 Å². The monoisotopic (exact) mass is 256 g/mol. The fraction of sp³-hybridized carbons (Fsp3) is 0.333. The number of nitrogens with one attached hydrogen (secondary N) is 1. The molecule has 0 atom stereocenters. The molecule has 0 radical (unpaired) electrons. The van der Waals surface area contributed by atoms with E-state index in [0.29, 0.717) is 0 Å². The van der Waals surface area contributed by atoms with Crippen LogP contribution in [-0.4, -0.2) is 28.5 Å². The van der Waals surface area contributed by atoms with Crippen LogP contribution in [0.3, 0.4) is 0 Å². The first-order valence-electron chi connectivity index (χ1n) is 6.54. The average Bonchev–Trinajstić information content (AvgIpc) is 2.42. The lowest BCUT2D eigenvalue weighted by atomic mass is 10.2. The average molecular weight is 256 g/mol. The Morgan fingerprint density at radius 3 is 2.74 bits per heavy atom. The van der Waals surface area contributed by atoms with E-state index in [1.54, 1.807) is 6.20 Å². The van der Waals surface area contributed by atoms with Crippen molar-refractivity contribution in [3.05, 3.63) is 54.0 Å². The van der Waals surface area contributed by atoms with Crippen molar-refractivity contribution in [3.63, 3.8) is 0 Å². The highest BCUT2D eigenvalue weighted by Gasteiger charge is 2.06. The van der Waals surface area contributed by atoms with Gasteiger partial charge in [-0.25, -0.2) is 4.98 Å². The Labute approximate surface area is 114 Å². The largest absolute Gasteiger partial charge is 0.370 e. The number of rotatable bonds is 6. The van der Waals surface area contributed by atoms with Crippen LogP contribution in [0.1, 0.15) is 18.1 Å². The SMILES string of the molecule is CCNc1ncccc1CN(C)Cc1cccnc1. The van der Waals surface area contributed by atoms with E-state index in [1.165, 1.54) is 11.1 Å². The van der Waals surface area contributed by atoms with Crippen LogP contribution < -0.4 is 5.32 Å². The van der Waals surface area contributed by atoms with E-state index in [2.05, 4.69) is 46.3 Å². The summed E-state index contributed by atoms with van der Waals surface area (Å²) in [6, 6.07) is 8.16. The first kappa shape index (κ1) is 13.5. The second-order valence-electron chi connectivity index (χ2n) is 4.58. The molecule has 2 aromatic rings. The highest BCUT2D eigenvalue weighted by molar-refractivity contribution is 5.43. The van der Waals surface area contributed by atoms with Gasteiger partial charge in [0, 0.05) is 43.8 Å². The second-order valence-corrected chi connectivity index (χ2v) is 4.58. The van der Waals surface area contributed by atoms with Crippen LogP contribution in [0.5, 0.6) is 0 Å². The zero-order valence-electron chi connectivity index (χ0n) is 11.5. The Bertz CT molecular complexity index is 499. The molecule has 19 heavy (non-hydrogen) atoms. The first-order valence-corrected chi connectivity index (χ1v) is 6.54. The summed E-state index contributed by atoms with van der Waals surface area (Å²) in [4.78, 5) is 10.8. The molecule has 0 saturated heterocycles. The van der Waals surface area contributed by atoms with Gasteiger partial charge in [0.05, 0.1) is 0 Å². The van der Waals surface area contributed by atoms with Gasteiger partial charge < -0.3 is 5.32 Å². The third-order valence-corrected chi connectivity index (χ3v) is 2.85. The zero-order valence-corrected chi connectivity index (χ0v) is 11.5. The summed E-state index contributed by atoms with van der Waals surface area (Å²) in [7, 11) is 2.11. The molecule has 0 aliphatic heterocycles. The Kier molecular flexibility index (Phi) is 4.86. The first-order chi connectivity index (χ1) is 9.29. The van der Waals surface area contributed by atoms with Crippen molar-refractivity contribution in [1.29, 1.82) is 0 Å². The molecular formula is C15H20N4. The molecule has 2 aromatic heterocycles. The quantitative estimate of drug-likeness (QED) is 0.862. The summed E-state index contributed by atoms with van der Waals surface area (Å²) < 4.78 is 0. The molecule has 4 heteroatoms. The van der Waals surface area contributed by atoms with Gasteiger partial charge in [-0.2, -0.15) is 0 Å². The Morgan fingerprint density at radius 1 is 1.16 bits per heavy atom. The van der Waals surface area contributed by atoms with E-state index in [1.807, 2.05) is 24.5 Å². The topological polar surface area (TPSA) is 41.1 Å². The van der Waals surface area contributed by atoms with Crippen molar-refractivity contribution in [3.8, 4) is 0 Å². The number of aromatic nitrogens is 2. The minimum absolute atomic E-state index is 0.866. The molecule has 0 aliphatic rings. The van der Waals surface area contributed by atoms with E-state index in [0.717, 1.165) is 25.5 Å². The van der Waals surface area contributed by atoms with E-state index in [4.69, 9.17) is 0 Å². The van der Waals surface area contributed by atoms with Crippen molar-refractivity contribution in [2.24, 2.45) is 0 Å². The maximum absolute atomic E-state index is 4.38. The molecule has 0 aliphatic carbocycles. The zero-order chi connectivity index (χ0) is 13.5. The summed E-state index contributed by atoms with van der Waals surface area (Å²) in [5.41, 5.74) is 2.44. The number of anilines is 1. The normalized spacial score (nSPS) is 10.7. The smallest absolute Gasteiger partial charge is 0.130 e. The van der Waals surface area contributed by atoms with Gasteiger partial charge in [-0.15, -0.1) is 0 Å². The minimum atomic E-state index is 0.866. The molecule has 0 spiro atoms. The van der Waals surface area contributed by atoms with Crippen LogP contribution in [-0.2, 0) is 13.1 Å². The lowest BCUT2D eigenvalue weighted by Crippen LogP contribution is -2.18. The molecule has 4 nitrogen and oxygen atoms in total. The molecule has 0 aromatic carbocycles. The molecule has 0 amide bonds. The van der Waals surface area contributed by atoms with Crippen LogP contribution in [0, 0.1) is 0 Å². The number of pyridine rings is 2. The molecule has 2 rings (SSSR count). The fourth-order valence-corrected chi connectivity index (χ4v) is 2.04. The van der Waals surface area contributed by atoms with Gasteiger partial charge in [0.1, 0.15) is 5.82 Å². The number of hydrogen-bond acceptors (Lipinski definition) is 4. The van der Waals surface area contributed by atoms with Gasteiger partial charge >= 0.3 is 0 Å². The second kappa shape index (κ2) is 6.85. The molecule has 100 valence electrons. The summed E-state index contributed by atoms with van der Waals surface area (Å²) in [5, 5.41) is 3.30. The predicted octanol–water partition coefficient (Wildman–Crippen LogP) is 2.54. The standard InChI is InChI=1S/C15H20N4/c1-3-17-15-14(7-5-9-18-15)12-19(2)11-13-6-4-8-16-10-13/h4-10H,3,11-12H2,1-2H3,(H,17,18). The lowest BCUT2D eigenvalue weighted by Gasteiger charge is -2.18. The van der Waals surface area contributed by atoms with Crippen LogP contribution >= 0.6 is 0 Å². The third-order valence-electron chi connectivity index (χ3n) is 2.85. The summed E-state index contributed by atoms with van der Waals surface area (Å²) in [6.07, 6.45) is 5.53. The summed E-state index contributed by atoms with van der Waals surface area (Å²) >= 11 is 0. The highest BCUT2D eigenvalue weighted by Crippen LogP contribution is 2.14. The molecule has 2 heterocycles. The maximum Gasteiger partial charge on any atom is 0.130 e. The Balaban J connectivity index is 2.00. The third kappa shape index (κ3) is 4.03. The van der Waals surface area contributed by atoms with Gasteiger partial charge in [-0.3, -0.25) is 9.88 Å². The molecule has 1 N–H and O–H groups in total. The van der Waals surface area contributed by atoms with Crippen LogP contribution in [0.15, 0.2) is 42.9 Å². The van der Waals surface area contributed by atoms with Crippen molar-refractivity contribution < 1.29 is 0 Å². The van der Waals surface area contributed by atoms with E-state index in [-0.39, 0.29) is 0 Å². The van der Waals surface area contributed by atoms with Gasteiger partial charge in [-0.05, 0) is 31.7 Å². The molecule has 0 bridgehead atoms. The summed E-state index contributed by atoms with van der Waals surface area (Å²) in [6.45, 7) is 4.72. The van der Waals surface area contributed by atoms with Gasteiger partial charge in [0.15, 0.2) is 0 Å². The Hall–Kier alpha value is -1.94. The molecule has 0 fully saturated rings. The van der Waals surface area contributed by atoms with Gasteiger partial charge in [0.2, 0.25) is 0 Å². The van der Waals surface area contributed by atoms with E-state index < -0.39 is 0 Å². The van der Waals surface area contributed by atoms with E-state index in [9.17, 15) is 0 Å². The molecular weight excluding hydrogens is 236 g/mol. The van der Waals surface area contributed by atoms with Crippen molar-refractivity contribution in [1.82, 2.24) is 14.9 Å². The minimum Gasteiger partial charge on any atom is -0.370 e. The fourth-order valence-electron chi connectivity index (χ4n) is 2.04. The number of nitrogens with zero attached hydrogens (tertiary/aromatic N) is 3. The molecule has 0 unspecified atom stereocenters. The van der Waals surface area contributed by atoms with Crippen molar-refractivity contribution in [2.75, 3.05) is 18.9 Å². The van der Waals surface area contributed by atoms with Crippen molar-refractivity contribution >= 4 is 5.82 Å². The van der Waals surface area contributed by atoms with Gasteiger partial charge in [-0.1, -0.05) is 12.1 Å². The van der Waals surface area contributed by atoms with Crippen LogP contribution in [0.25, 0.3) is 0 Å².